The van der Waals surface area contributed by atoms with Gasteiger partial charge in [0.05, 0.1) is 4.90 Å². The van der Waals surface area contributed by atoms with Crippen molar-refractivity contribution in [2.75, 3.05) is 26.7 Å². The standard InChI is InChI=1S/C20H28N4O2S2/c1-21-20(22-11-10-18-8-6-14-27-18)23-16-17-7-5-9-19(15-17)28(25,26)24-12-3-2-4-13-24/h5-9,14-15H,2-4,10-13,16H2,1H3,(H2,21,22,23). The minimum atomic E-state index is -3.41. The molecule has 0 aliphatic carbocycles. The molecule has 1 aromatic carbocycles. The number of rotatable bonds is 7. The van der Waals surface area contributed by atoms with Crippen molar-refractivity contribution < 1.29 is 8.42 Å². The molecule has 6 nitrogen and oxygen atoms in total. The SMILES string of the molecule is CN=C(NCCc1cccs1)NCc1cccc(S(=O)(=O)N2CCCCC2)c1. The molecule has 2 N–H and O–H groups in total. The summed E-state index contributed by atoms with van der Waals surface area (Å²) in [6.45, 7) is 2.54. The molecule has 0 unspecified atom stereocenters. The van der Waals surface area contributed by atoms with Crippen LogP contribution in [0.15, 0.2) is 51.7 Å². The van der Waals surface area contributed by atoms with Crippen molar-refractivity contribution in [1.82, 2.24) is 14.9 Å². The van der Waals surface area contributed by atoms with E-state index in [1.165, 1.54) is 4.88 Å². The number of benzene rings is 1. The van der Waals surface area contributed by atoms with Gasteiger partial charge in [0.25, 0.3) is 0 Å². The second-order valence-corrected chi connectivity index (χ2v) is 9.76. The number of sulfonamides is 1. The second-order valence-electron chi connectivity index (χ2n) is 6.79. The van der Waals surface area contributed by atoms with Gasteiger partial charge in [0.15, 0.2) is 5.96 Å². The molecule has 0 spiro atoms. The molecule has 0 bridgehead atoms. The van der Waals surface area contributed by atoms with E-state index in [4.69, 9.17) is 0 Å². The first-order valence-electron chi connectivity index (χ1n) is 9.65. The molecule has 2 heterocycles. The molecule has 8 heteroatoms. The summed E-state index contributed by atoms with van der Waals surface area (Å²) in [5, 5.41) is 8.63. The molecule has 1 saturated heterocycles. The van der Waals surface area contributed by atoms with E-state index in [9.17, 15) is 8.42 Å². The molecule has 1 aliphatic heterocycles. The summed E-state index contributed by atoms with van der Waals surface area (Å²) in [4.78, 5) is 5.94. The van der Waals surface area contributed by atoms with Gasteiger partial charge in [0, 0.05) is 38.1 Å². The maximum Gasteiger partial charge on any atom is 0.243 e. The second kappa shape index (κ2) is 10.0. The molecule has 1 aromatic heterocycles. The quantitative estimate of drug-likeness (QED) is 0.534. The molecule has 1 fully saturated rings. The van der Waals surface area contributed by atoms with E-state index in [1.54, 1.807) is 40.9 Å². The molecule has 0 atom stereocenters. The molecular formula is C20H28N4O2S2. The zero-order valence-corrected chi connectivity index (χ0v) is 17.9. The van der Waals surface area contributed by atoms with Crippen LogP contribution in [0.5, 0.6) is 0 Å². The lowest BCUT2D eigenvalue weighted by Gasteiger charge is -2.26. The monoisotopic (exact) mass is 420 g/mol. The first-order valence-corrected chi connectivity index (χ1v) is 12.0. The lowest BCUT2D eigenvalue weighted by Crippen LogP contribution is -2.38. The minimum absolute atomic E-state index is 0.370. The van der Waals surface area contributed by atoms with Gasteiger partial charge in [-0.1, -0.05) is 24.6 Å². The van der Waals surface area contributed by atoms with Gasteiger partial charge in [-0.05, 0) is 48.4 Å². The van der Waals surface area contributed by atoms with E-state index in [0.717, 1.165) is 37.8 Å². The third-order valence-corrected chi connectivity index (χ3v) is 7.61. The Morgan fingerprint density at radius 3 is 2.68 bits per heavy atom. The summed E-state index contributed by atoms with van der Waals surface area (Å²) in [7, 11) is -1.67. The van der Waals surface area contributed by atoms with Gasteiger partial charge in [0.2, 0.25) is 10.0 Å². The van der Waals surface area contributed by atoms with Crippen LogP contribution in [0.25, 0.3) is 0 Å². The number of hydrogen-bond acceptors (Lipinski definition) is 4. The molecule has 0 radical (unpaired) electrons. The summed E-state index contributed by atoms with van der Waals surface area (Å²) in [6, 6.07) is 11.4. The van der Waals surface area contributed by atoms with Crippen LogP contribution >= 0.6 is 11.3 Å². The van der Waals surface area contributed by atoms with Crippen LogP contribution in [0.1, 0.15) is 29.7 Å². The number of piperidine rings is 1. The Hall–Kier alpha value is -1.90. The van der Waals surface area contributed by atoms with Crippen LogP contribution < -0.4 is 10.6 Å². The Morgan fingerprint density at radius 2 is 1.96 bits per heavy atom. The van der Waals surface area contributed by atoms with Gasteiger partial charge in [-0.15, -0.1) is 11.3 Å². The van der Waals surface area contributed by atoms with Gasteiger partial charge in [-0.25, -0.2) is 8.42 Å². The van der Waals surface area contributed by atoms with Crippen LogP contribution in [0, 0.1) is 0 Å². The summed E-state index contributed by atoms with van der Waals surface area (Å²) < 4.78 is 27.3. The first kappa shape index (κ1) is 20.8. The highest BCUT2D eigenvalue weighted by Gasteiger charge is 2.25. The molecule has 2 aromatic rings. The fourth-order valence-electron chi connectivity index (χ4n) is 3.24. The maximum atomic E-state index is 12.9. The number of hydrogen-bond donors (Lipinski definition) is 2. The molecular weight excluding hydrogens is 392 g/mol. The Balaban J connectivity index is 1.56. The van der Waals surface area contributed by atoms with Crippen molar-refractivity contribution >= 4 is 27.3 Å². The fourth-order valence-corrected chi connectivity index (χ4v) is 5.53. The first-order chi connectivity index (χ1) is 13.6. The highest BCUT2D eigenvalue weighted by Crippen LogP contribution is 2.21. The van der Waals surface area contributed by atoms with E-state index >= 15 is 0 Å². The van der Waals surface area contributed by atoms with Crippen molar-refractivity contribution in [3.05, 3.63) is 52.2 Å². The normalized spacial score (nSPS) is 16.1. The molecule has 0 amide bonds. The van der Waals surface area contributed by atoms with Crippen molar-refractivity contribution in [1.29, 1.82) is 0 Å². The largest absolute Gasteiger partial charge is 0.356 e. The predicted molar refractivity (Wildman–Crippen MR) is 115 cm³/mol. The van der Waals surface area contributed by atoms with E-state index in [0.29, 0.717) is 30.5 Å². The van der Waals surface area contributed by atoms with Crippen LogP contribution in [0.3, 0.4) is 0 Å². The average Bonchev–Trinajstić information content (AvgIpc) is 3.25. The van der Waals surface area contributed by atoms with E-state index in [-0.39, 0.29) is 0 Å². The van der Waals surface area contributed by atoms with Crippen molar-refractivity contribution in [3.63, 3.8) is 0 Å². The minimum Gasteiger partial charge on any atom is -0.356 e. The summed E-state index contributed by atoms with van der Waals surface area (Å²) in [5.74, 6) is 0.709. The molecule has 152 valence electrons. The summed E-state index contributed by atoms with van der Waals surface area (Å²) in [6.07, 6.45) is 3.93. The summed E-state index contributed by atoms with van der Waals surface area (Å²) >= 11 is 1.75. The number of thiophene rings is 1. The molecule has 0 saturated carbocycles. The van der Waals surface area contributed by atoms with Crippen molar-refractivity contribution in [2.45, 2.75) is 37.1 Å². The predicted octanol–water partition coefficient (Wildman–Crippen LogP) is 2.83. The third-order valence-electron chi connectivity index (χ3n) is 4.78. The van der Waals surface area contributed by atoms with Crippen LogP contribution in [0.4, 0.5) is 0 Å². The molecule has 1 aliphatic rings. The topological polar surface area (TPSA) is 73.8 Å². The van der Waals surface area contributed by atoms with Gasteiger partial charge in [0.1, 0.15) is 0 Å². The van der Waals surface area contributed by atoms with Gasteiger partial charge in [-0.2, -0.15) is 4.31 Å². The Bertz CT molecular complexity index is 873. The highest BCUT2D eigenvalue weighted by molar-refractivity contribution is 7.89. The zero-order valence-electron chi connectivity index (χ0n) is 16.2. The molecule has 28 heavy (non-hydrogen) atoms. The highest BCUT2D eigenvalue weighted by atomic mass is 32.2. The lowest BCUT2D eigenvalue weighted by molar-refractivity contribution is 0.346. The zero-order chi connectivity index (χ0) is 19.8. The Kier molecular flexibility index (Phi) is 7.47. The van der Waals surface area contributed by atoms with E-state index in [2.05, 4.69) is 33.1 Å². The van der Waals surface area contributed by atoms with Gasteiger partial charge in [-0.3, -0.25) is 4.99 Å². The van der Waals surface area contributed by atoms with Gasteiger partial charge < -0.3 is 10.6 Å². The van der Waals surface area contributed by atoms with Crippen molar-refractivity contribution in [2.24, 2.45) is 4.99 Å². The van der Waals surface area contributed by atoms with Crippen LogP contribution in [-0.2, 0) is 23.0 Å². The smallest absolute Gasteiger partial charge is 0.243 e. The maximum absolute atomic E-state index is 12.9. The van der Waals surface area contributed by atoms with E-state index < -0.39 is 10.0 Å². The van der Waals surface area contributed by atoms with Gasteiger partial charge >= 0.3 is 0 Å². The fraction of sp³-hybridized carbons (Fsp3) is 0.450. The third kappa shape index (κ3) is 5.56. The van der Waals surface area contributed by atoms with Crippen molar-refractivity contribution in [3.8, 4) is 0 Å². The Morgan fingerprint density at radius 1 is 1.14 bits per heavy atom. The summed E-state index contributed by atoms with van der Waals surface area (Å²) in [5.41, 5.74) is 0.916. The lowest BCUT2D eigenvalue weighted by atomic mass is 10.2. The Labute approximate surface area is 171 Å². The van der Waals surface area contributed by atoms with E-state index in [1.807, 2.05) is 6.07 Å². The number of nitrogens with zero attached hydrogens (tertiary/aromatic N) is 2. The average molecular weight is 421 g/mol. The van der Waals surface area contributed by atoms with Crippen LogP contribution in [0.2, 0.25) is 0 Å². The number of guanidine groups is 1. The van der Waals surface area contributed by atoms with Crippen LogP contribution in [-0.4, -0.2) is 45.4 Å². The number of nitrogens with one attached hydrogen (secondary N) is 2. The number of aliphatic imine (C=N–C) groups is 1. The molecule has 3 rings (SSSR count).